The fourth-order valence-corrected chi connectivity index (χ4v) is 2.78. The van der Waals surface area contributed by atoms with E-state index < -0.39 is 0 Å². The molecule has 24 heavy (non-hydrogen) atoms. The van der Waals surface area contributed by atoms with Crippen molar-refractivity contribution in [2.75, 3.05) is 25.3 Å². The van der Waals surface area contributed by atoms with Gasteiger partial charge in [-0.15, -0.1) is 10.2 Å². The van der Waals surface area contributed by atoms with Crippen LogP contribution in [0.4, 0.5) is 0 Å². The molecule has 0 aliphatic rings. The number of thioether (sulfide) groups is 1. The standard InChI is InChI=1S/C16H23N5O2S/c1-3-4-5-10-18-14(22)11-24-16-20-19-15(21(16)17)12-6-8-13(23-2)9-7-12/h6-9H,3-5,10-11,17H2,1-2H3,(H,18,22). The highest BCUT2D eigenvalue weighted by molar-refractivity contribution is 7.99. The van der Waals surface area contributed by atoms with Crippen LogP contribution in [0, 0.1) is 0 Å². The summed E-state index contributed by atoms with van der Waals surface area (Å²) in [6, 6.07) is 7.39. The zero-order chi connectivity index (χ0) is 17.4. The summed E-state index contributed by atoms with van der Waals surface area (Å²) >= 11 is 1.27. The largest absolute Gasteiger partial charge is 0.497 e. The molecular formula is C16H23N5O2S. The Labute approximate surface area is 145 Å². The van der Waals surface area contributed by atoms with Gasteiger partial charge < -0.3 is 15.9 Å². The Hall–Kier alpha value is -2.22. The van der Waals surface area contributed by atoms with Crippen LogP contribution in [-0.2, 0) is 4.79 Å². The summed E-state index contributed by atoms with van der Waals surface area (Å²) in [6.45, 7) is 2.84. The molecule has 0 radical (unpaired) electrons. The van der Waals surface area contributed by atoms with Crippen LogP contribution >= 0.6 is 11.8 Å². The van der Waals surface area contributed by atoms with Gasteiger partial charge in [0.15, 0.2) is 5.82 Å². The smallest absolute Gasteiger partial charge is 0.230 e. The Balaban J connectivity index is 1.91. The van der Waals surface area contributed by atoms with E-state index in [2.05, 4.69) is 22.4 Å². The zero-order valence-electron chi connectivity index (χ0n) is 14.0. The van der Waals surface area contributed by atoms with Gasteiger partial charge in [0.2, 0.25) is 11.1 Å². The third kappa shape index (κ3) is 4.89. The Kier molecular flexibility index (Phi) is 6.92. The second-order valence-electron chi connectivity index (χ2n) is 5.25. The Morgan fingerprint density at radius 1 is 1.29 bits per heavy atom. The number of nitrogens with zero attached hydrogens (tertiary/aromatic N) is 3. The highest BCUT2D eigenvalue weighted by Crippen LogP contribution is 2.23. The summed E-state index contributed by atoms with van der Waals surface area (Å²) in [7, 11) is 1.61. The number of amides is 1. The molecule has 3 N–H and O–H groups in total. The van der Waals surface area contributed by atoms with Crippen LogP contribution in [0.1, 0.15) is 26.2 Å². The minimum absolute atomic E-state index is 0.0231. The maximum absolute atomic E-state index is 11.8. The number of unbranched alkanes of at least 4 members (excludes halogenated alkanes) is 2. The number of nitrogens with one attached hydrogen (secondary N) is 1. The first-order valence-corrected chi connectivity index (χ1v) is 8.88. The lowest BCUT2D eigenvalue weighted by atomic mass is 10.2. The molecule has 0 spiro atoms. The molecule has 7 nitrogen and oxygen atoms in total. The number of carbonyl (C=O) groups is 1. The van der Waals surface area contributed by atoms with E-state index in [0.29, 0.717) is 17.5 Å². The van der Waals surface area contributed by atoms with Crippen LogP contribution in [0.15, 0.2) is 29.4 Å². The predicted octanol–water partition coefficient (Wildman–Crippen LogP) is 2.07. The van der Waals surface area contributed by atoms with Crippen molar-refractivity contribution in [1.29, 1.82) is 0 Å². The molecule has 0 unspecified atom stereocenters. The predicted molar refractivity (Wildman–Crippen MR) is 95.4 cm³/mol. The number of carbonyl (C=O) groups excluding carboxylic acids is 1. The van der Waals surface area contributed by atoms with Gasteiger partial charge in [0.05, 0.1) is 12.9 Å². The fraction of sp³-hybridized carbons (Fsp3) is 0.438. The quantitative estimate of drug-likeness (QED) is 0.409. The summed E-state index contributed by atoms with van der Waals surface area (Å²) in [5.74, 6) is 7.59. The highest BCUT2D eigenvalue weighted by atomic mass is 32.2. The minimum atomic E-state index is -0.0231. The van der Waals surface area contributed by atoms with Gasteiger partial charge >= 0.3 is 0 Å². The molecule has 1 aromatic carbocycles. The Morgan fingerprint density at radius 2 is 2.04 bits per heavy atom. The molecule has 130 valence electrons. The van der Waals surface area contributed by atoms with Gasteiger partial charge in [-0.3, -0.25) is 4.79 Å². The summed E-state index contributed by atoms with van der Waals surface area (Å²) in [6.07, 6.45) is 3.26. The number of hydrogen-bond acceptors (Lipinski definition) is 6. The molecular weight excluding hydrogens is 326 g/mol. The average molecular weight is 349 g/mol. The SMILES string of the molecule is CCCCCNC(=O)CSc1nnc(-c2ccc(OC)cc2)n1N. The summed E-state index contributed by atoms with van der Waals surface area (Å²) in [5, 5.41) is 11.5. The van der Waals surface area contributed by atoms with E-state index in [-0.39, 0.29) is 11.7 Å². The van der Waals surface area contributed by atoms with E-state index in [1.165, 1.54) is 16.4 Å². The molecule has 0 fully saturated rings. The van der Waals surface area contributed by atoms with E-state index in [1.807, 2.05) is 24.3 Å². The minimum Gasteiger partial charge on any atom is -0.497 e. The number of nitrogens with two attached hydrogens (primary N) is 1. The van der Waals surface area contributed by atoms with Gasteiger partial charge in [0.25, 0.3) is 0 Å². The van der Waals surface area contributed by atoms with E-state index in [9.17, 15) is 4.79 Å². The Bertz CT molecular complexity index is 657. The van der Waals surface area contributed by atoms with Crippen LogP contribution < -0.4 is 15.9 Å². The van der Waals surface area contributed by atoms with Crippen molar-refractivity contribution >= 4 is 17.7 Å². The molecule has 2 aromatic rings. The van der Waals surface area contributed by atoms with Crippen molar-refractivity contribution in [2.24, 2.45) is 0 Å². The number of ether oxygens (including phenoxy) is 1. The highest BCUT2D eigenvalue weighted by Gasteiger charge is 2.13. The van der Waals surface area contributed by atoms with Crippen molar-refractivity contribution in [2.45, 2.75) is 31.3 Å². The molecule has 8 heteroatoms. The first-order chi connectivity index (χ1) is 11.7. The lowest BCUT2D eigenvalue weighted by molar-refractivity contribution is -0.118. The third-order valence-electron chi connectivity index (χ3n) is 3.45. The normalized spacial score (nSPS) is 10.6. The average Bonchev–Trinajstić information content (AvgIpc) is 2.97. The lowest BCUT2D eigenvalue weighted by Gasteiger charge is -2.06. The molecule has 0 saturated heterocycles. The summed E-state index contributed by atoms with van der Waals surface area (Å²) in [4.78, 5) is 11.8. The van der Waals surface area contributed by atoms with E-state index in [1.54, 1.807) is 7.11 Å². The molecule has 2 rings (SSSR count). The number of benzene rings is 1. The molecule has 0 atom stereocenters. The number of methoxy groups -OCH3 is 1. The number of hydrogen-bond donors (Lipinski definition) is 2. The van der Waals surface area contributed by atoms with Crippen LogP contribution in [0.5, 0.6) is 5.75 Å². The van der Waals surface area contributed by atoms with E-state index >= 15 is 0 Å². The van der Waals surface area contributed by atoms with Crippen molar-refractivity contribution < 1.29 is 9.53 Å². The monoisotopic (exact) mass is 349 g/mol. The molecule has 1 amide bonds. The topological polar surface area (TPSA) is 95.1 Å². The zero-order valence-corrected chi connectivity index (χ0v) is 14.8. The van der Waals surface area contributed by atoms with Crippen molar-refractivity contribution in [3.05, 3.63) is 24.3 Å². The Morgan fingerprint density at radius 3 is 2.71 bits per heavy atom. The first-order valence-electron chi connectivity index (χ1n) is 7.90. The maximum Gasteiger partial charge on any atom is 0.230 e. The molecule has 1 heterocycles. The van der Waals surface area contributed by atoms with Gasteiger partial charge in [0.1, 0.15) is 5.75 Å². The van der Waals surface area contributed by atoms with E-state index in [0.717, 1.165) is 30.6 Å². The lowest BCUT2D eigenvalue weighted by Crippen LogP contribution is -2.26. The van der Waals surface area contributed by atoms with Gasteiger partial charge in [-0.2, -0.15) is 0 Å². The molecule has 1 aromatic heterocycles. The summed E-state index contributed by atoms with van der Waals surface area (Å²) in [5.41, 5.74) is 0.835. The molecule has 0 aliphatic heterocycles. The van der Waals surface area contributed by atoms with Crippen LogP contribution in [-0.4, -0.2) is 40.2 Å². The molecule has 0 aliphatic carbocycles. The van der Waals surface area contributed by atoms with Crippen LogP contribution in [0.3, 0.4) is 0 Å². The van der Waals surface area contributed by atoms with Gasteiger partial charge in [-0.1, -0.05) is 31.5 Å². The van der Waals surface area contributed by atoms with Crippen LogP contribution in [0.25, 0.3) is 11.4 Å². The fourth-order valence-electron chi connectivity index (χ4n) is 2.10. The van der Waals surface area contributed by atoms with Gasteiger partial charge in [0, 0.05) is 12.1 Å². The first kappa shape index (κ1) is 18.1. The second kappa shape index (κ2) is 9.17. The molecule has 0 saturated carbocycles. The van der Waals surface area contributed by atoms with Gasteiger partial charge in [-0.05, 0) is 30.7 Å². The second-order valence-corrected chi connectivity index (χ2v) is 6.19. The van der Waals surface area contributed by atoms with Crippen molar-refractivity contribution in [3.8, 4) is 17.1 Å². The maximum atomic E-state index is 11.8. The van der Waals surface area contributed by atoms with Gasteiger partial charge in [-0.25, -0.2) is 4.68 Å². The van der Waals surface area contributed by atoms with Crippen molar-refractivity contribution in [1.82, 2.24) is 20.2 Å². The number of aromatic nitrogens is 3. The van der Waals surface area contributed by atoms with E-state index in [4.69, 9.17) is 10.6 Å². The number of rotatable bonds is 9. The summed E-state index contributed by atoms with van der Waals surface area (Å²) < 4.78 is 6.53. The third-order valence-corrected chi connectivity index (χ3v) is 4.39. The number of nitrogen functional groups attached to an aromatic ring is 1. The molecule has 0 bridgehead atoms. The van der Waals surface area contributed by atoms with Crippen molar-refractivity contribution in [3.63, 3.8) is 0 Å². The van der Waals surface area contributed by atoms with Crippen LogP contribution in [0.2, 0.25) is 0 Å².